The highest BCUT2D eigenvalue weighted by Gasteiger charge is 2.14. The molecule has 0 atom stereocenters. The van der Waals surface area contributed by atoms with Crippen LogP contribution in [0.25, 0.3) is 22.4 Å². The smallest absolute Gasteiger partial charge is 0.132 e. The van der Waals surface area contributed by atoms with Gasteiger partial charge in [-0.15, -0.1) is 0 Å². The van der Waals surface area contributed by atoms with Crippen LogP contribution in [0.1, 0.15) is 0 Å². The molecule has 18 heavy (non-hydrogen) atoms. The molecule has 0 bridgehead atoms. The molecule has 0 radical (unpaired) electrons. The highest BCUT2D eigenvalue weighted by molar-refractivity contribution is 5.82. The fraction of sp³-hybridized carbons (Fsp3) is 0. The largest absolute Gasteiger partial charge is 0.507 e. The third-order valence-electron chi connectivity index (χ3n) is 2.81. The summed E-state index contributed by atoms with van der Waals surface area (Å²) in [5, 5.41) is 13.9. The maximum absolute atomic E-state index is 9.88. The van der Waals surface area contributed by atoms with Gasteiger partial charge in [0, 0.05) is 11.1 Å². The number of phenolic OH excluding ortho intramolecular Hbond substituents is 1. The summed E-state index contributed by atoms with van der Waals surface area (Å²) in [6.45, 7) is 0. The summed E-state index contributed by atoms with van der Waals surface area (Å²) in [7, 11) is 0. The predicted octanol–water partition coefficient (Wildman–Crippen LogP) is 3.71. The second-order valence-electron chi connectivity index (χ2n) is 3.96. The molecule has 2 aromatic carbocycles. The van der Waals surface area contributed by atoms with Gasteiger partial charge in [0.15, 0.2) is 0 Å². The van der Waals surface area contributed by atoms with Gasteiger partial charge in [-0.1, -0.05) is 53.7 Å². The molecular formula is C15H11NO2. The zero-order valence-corrected chi connectivity index (χ0v) is 9.58. The van der Waals surface area contributed by atoms with Crippen molar-refractivity contribution in [2.24, 2.45) is 0 Å². The Labute approximate surface area is 104 Å². The minimum absolute atomic E-state index is 0.220. The molecule has 0 unspecified atom stereocenters. The number of hydrogen-bond donors (Lipinski definition) is 1. The Kier molecular flexibility index (Phi) is 2.57. The molecule has 0 saturated carbocycles. The lowest BCUT2D eigenvalue weighted by molar-refractivity contribution is 0.422. The van der Waals surface area contributed by atoms with Crippen molar-refractivity contribution in [2.75, 3.05) is 0 Å². The van der Waals surface area contributed by atoms with Crippen LogP contribution in [0.2, 0.25) is 0 Å². The molecule has 0 saturated heterocycles. The molecule has 1 aromatic heterocycles. The first-order valence-electron chi connectivity index (χ1n) is 5.64. The van der Waals surface area contributed by atoms with Gasteiger partial charge in [-0.3, -0.25) is 0 Å². The van der Waals surface area contributed by atoms with Crippen molar-refractivity contribution >= 4 is 0 Å². The van der Waals surface area contributed by atoms with E-state index >= 15 is 0 Å². The van der Waals surface area contributed by atoms with Gasteiger partial charge in [-0.25, -0.2) is 0 Å². The summed E-state index contributed by atoms with van der Waals surface area (Å²) < 4.78 is 5.05. The van der Waals surface area contributed by atoms with E-state index in [-0.39, 0.29) is 5.75 Å². The van der Waals surface area contributed by atoms with E-state index in [9.17, 15) is 5.11 Å². The second kappa shape index (κ2) is 4.37. The summed E-state index contributed by atoms with van der Waals surface area (Å²) in [4.78, 5) is 0. The van der Waals surface area contributed by atoms with Crippen LogP contribution in [0.3, 0.4) is 0 Å². The molecule has 0 aliphatic carbocycles. The number of para-hydroxylation sites is 1. The molecule has 0 aliphatic rings. The highest BCUT2D eigenvalue weighted by Crippen LogP contribution is 2.35. The van der Waals surface area contributed by atoms with Gasteiger partial charge in [0.25, 0.3) is 0 Å². The number of aromatic nitrogens is 1. The quantitative estimate of drug-likeness (QED) is 0.739. The molecule has 1 heterocycles. The van der Waals surface area contributed by atoms with Crippen LogP contribution in [0.5, 0.6) is 5.75 Å². The summed E-state index contributed by atoms with van der Waals surface area (Å²) in [5.41, 5.74) is 3.21. The zero-order valence-electron chi connectivity index (χ0n) is 9.58. The molecule has 3 aromatic rings. The van der Waals surface area contributed by atoms with Gasteiger partial charge >= 0.3 is 0 Å². The van der Waals surface area contributed by atoms with Crippen molar-refractivity contribution in [1.82, 2.24) is 5.16 Å². The fourth-order valence-corrected chi connectivity index (χ4v) is 1.93. The van der Waals surface area contributed by atoms with Crippen molar-refractivity contribution < 1.29 is 9.63 Å². The first-order chi connectivity index (χ1) is 8.86. The van der Waals surface area contributed by atoms with Gasteiger partial charge in [0.1, 0.15) is 17.7 Å². The molecule has 3 rings (SSSR count). The molecule has 1 N–H and O–H groups in total. The summed E-state index contributed by atoms with van der Waals surface area (Å²) >= 11 is 0. The SMILES string of the molecule is Oc1ccccc1-c1conc1-c1ccccc1. The monoisotopic (exact) mass is 237 g/mol. The van der Waals surface area contributed by atoms with Crippen LogP contribution in [-0.4, -0.2) is 10.3 Å². The fourth-order valence-electron chi connectivity index (χ4n) is 1.93. The van der Waals surface area contributed by atoms with Crippen LogP contribution in [0.4, 0.5) is 0 Å². The number of benzene rings is 2. The lowest BCUT2D eigenvalue weighted by Crippen LogP contribution is -1.82. The van der Waals surface area contributed by atoms with E-state index in [1.807, 2.05) is 42.5 Å². The molecule has 3 nitrogen and oxygen atoms in total. The molecule has 0 spiro atoms. The molecule has 88 valence electrons. The third-order valence-corrected chi connectivity index (χ3v) is 2.81. The lowest BCUT2D eigenvalue weighted by atomic mass is 10.0. The number of phenols is 1. The van der Waals surface area contributed by atoms with E-state index in [1.54, 1.807) is 18.4 Å². The van der Waals surface area contributed by atoms with Gasteiger partial charge in [-0.2, -0.15) is 0 Å². The van der Waals surface area contributed by atoms with Crippen LogP contribution in [0, 0.1) is 0 Å². The minimum atomic E-state index is 0.220. The Bertz CT molecular complexity index is 659. The Morgan fingerprint density at radius 1 is 0.833 bits per heavy atom. The average molecular weight is 237 g/mol. The summed E-state index contributed by atoms with van der Waals surface area (Å²) in [5.74, 6) is 0.220. The standard InChI is InChI=1S/C15H11NO2/c17-14-9-5-4-8-12(14)13-10-18-16-15(13)11-6-2-1-3-7-11/h1-10,17H. The van der Waals surface area contributed by atoms with Crippen LogP contribution in [-0.2, 0) is 0 Å². The normalized spacial score (nSPS) is 10.4. The van der Waals surface area contributed by atoms with Crippen molar-refractivity contribution in [3.8, 4) is 28.1 Å². The second-order valence-corrected chi connectivity index (χ2v) is 3.96. The van der Waals surface area contributed by atoms with Crippen LogP contribution in [0.15, 0.2) is 65.4 Å². The molecule has 0 aliphatic heterocycles. The van der Waals surface area contributed by atoms with Crippen molar-refractivity contribution in [2.45, 2.75) is 0 Å². The summed E-state index contributed by atoms with van der Waals surface area (Å²) in [6, 6.07) is 16.9. The topological polar surface area (TPSA) is 46.3 Å². The molecule has 0 fully saturated rings. The summed E-state index contributed by atoms with van der Waals surface area (Å²) in [6.07, 6.45) is 1.55. The van der Waals surface area contributed by atoms with Crippen LogP contribution < -0.4 is 0 Å². The maximum atomic E-state index is 9.88. The predicted molar refractivity (Wildman–Crippen MR) is 69.0 cm³/mol. The van der Waals surface area contributed by atoms with Gasteiger partial charge < -0.3 is 9.63 Å². The highest BCUT2D eigenvalue weighted by atomic mass is 16.5. The van der Waals surface area contributed by atoms with Crippen molar-refractivity contribution in [3.05, 3.63) is 60.9 Å². The minimum Gasteiger partial charge on any atom is -0.507 e. The Balaban J connectivity index is 2.16. The third kappa shape index (κ3) is 1.76. The lowest BCUT2D eigenvalue weighted by Gasteiger charge is -2.03. The van der Waals surface area contributed by atoms with Crippen molar-refractivity contribution in [3.63, 3.8) is 0 Å². The van der Waals surface area contributed by atoms with E-state index in [2.05, 4.69) is 5.16 Å². The number of rotatable bonds is 2. The Hall–Kier alpha value is -2.55. The van der Waals surface area contributed by atoms with E-state index in [0.29, 0.717) is 0 Å². The zero-order chi connectivity index (χ0) is 12.4. The average Bonchev–Trinajstić information content (AvgIpc) is 2.89. The Morgan fingerprint density at radius 3 is 2.33 bits per heavy atom. The molecule has 3 heteroatoms. The maximum Gasteiger partial charge on any atom is 0.132 e. The van der Waals surface area contributed by atoms with Crippen molar-refractivity contribution in [1.29, 1.82) is 0 Å². The first kappa shape index (κ1) is 10.6. The van der Waals surface area contributed by atoms with E-state index in [4.69, 9.17) is 4.52 Å². The van der Waals surface area contributed by atoms with E-state index < -0.39 is 0 Å². The number of nitrogens with zero attached hydrogens (tertiary/aromatic N) is 1. The van der Waals surface area contributed by atoms with Gasteiger partial charge in [0.2, 0.25) is 0 Å². The molecular weight excluding hydrogens is 226 g/mol. The number of aromatic hydroxyl groups is 1. The van der Waals surface area contributed by atoms with E-state index in [1.165, 1.54) is 0 Å². The van der Waals surface area contributed by atoms with Crippen LogP contribution >= 0.6 is 0 Å². The van der Waals surface area contributed by atoms with Gasteiger partial charge in [-0.05, 0) is 6.07 Å². The first-order valence-corrected chi connectivity index (χ1v) is 5.64. The number of hydrogen-bond acceptors (Lipinski definition) is 3. The van der Waals surface area contributed by atoms with E-state index in [0.717, 1.165) is 22.4 Å². The Morgan fingerprint density at radius 2 is 1.56 bits per heavy atom. The molecule has 0 amide bonds. The van der Waals surface area contributed by atoms with Gasteiger partial charge in [0.05, 0.1) is 5.56 Å².